The van der Waals surface area contributed by atoms with Crippen LogP contribution in [0.4, 0.5) is 5.69 Å². The van der Waals surface area contributed by atoms with Crippen molar-refractivity contribution in [2.45, 2.75) is 19.9 Å². The Labute approximate surface area is 155 Å². The van der Waals surface area contributed by atoms with Crippen LogP contribution in [0.3, 0.4) is 0 Å². The van der Waals surface area contributed by atoms with E-state index in [1.165, 1.54) is 0 Å². The van der Waals surface area contributed by atoms with Gasteiger partial charge in [0.25, 0.3) is 5.91 Å². The number of methoxy groups -OCH3 is 1. The first kappa shape index (κ1) is 17.5. The minimum Gasteiger partial charge on any atom is -0.496 e. The van der Waals surface area contributed by atoms with E-state index in [2.05, 4.69) is 26.3 Å². The number of nitrogens with one attached hydrogen (secondary N) is 1. The monoisotopic (exact) mass is 401 g/mol. The summed E-state index contributed by atoms with van der Waals surface area (Å²) in [5, 5.41) is 9.36. The molecule has 0 radical (unpaired) electrons. The smallest absolute Gasteiger partial charge is 0.251 e. The summed E-state index contributed by atoms with van der Waals surface area (Å²) in [7, 11) is 1.62. The van der Waals surface area contributed by atoms with Gasteiger partial charge >= 0.3 is 0 Å². The molecule has 0 fully saturated rings. The number of amides is 1. The van der Waals surface area contributed by atoms with E-state index in [0.717, 1.165) is 40.2 Å². The molecule has 2 aromatic rings. The molecule has 0 unspecified atom stereocenters. The summed E-state index contributed by atoms with van der Waals surface area (Å²) in [6.07, 6.45) is 0.983. The number of hydrogen-bond donors (Lipinski definition) is 1. The van der Waals surface area contributed by atoms with Crippen molar-refractivity contribution in [2.24, 2.45) is 5.10 Å². The van der Waals surface area contributed by atoms with E-state index in [1.54, 1.807) is 7.11 Å². The highest BCUT2D eigenvalue weighted by Gasteiger charge is 2.14. The van der Waals surface area contributed by atoms with Crippen molar-refractivity contribution in [3.05, 3.63) is 58.1 Å². The number of anilines is 1. The van der Waals surface area contributed by atoms with Crippen molar-refractivity contribution < 1.29 is 9.53 Å². The second-order valence-corrected chi connectivity index (χ2v) is 6.81. The van der Waals surface area contributed by atoms with Crippen LogP contribution in [0.5, 0.6) is 5.75 Å². The van der Waals surface area contributed by atoms with Crippen LogP contribution in [-0.4, -0.2) is 25.3 Å². The molecule has 3 rings (SSSR count). The molecule has 1 amide bonds. The highest BCUT2D eigenvalue weighted by molar-refractivity contribution is 9.10. The number of halogens is 1. The lowest BCUT2D eigenvalue weighted by Gasteiger charge is -2.14. The topological polar surface area (TPSA) is 53.9 Å². The Hall–Kier alpha value is -2.34. The third-order valence-corrected chi connectivity index (χ3v) is 4.58. The van der Waals surface area contributed by atoms with Crippen LogP contribution in [0.1, 0.15) is 29.3 Å². The summed E-state index contributed by atoms with van der Waals surface area (Å²) in [4.78, 5) is 12.4. The summed E-state index contributed by atoms with van der Waals surface area (Å²) in [5.74, 6) is 0.635. The van der Waals surface area contributed by atoms with E-state index in [4.69, 9.17) is 4.74 Å². The van der Waals surface area contributed by atoms with E-state index in [9.17, 15) is 4.79 Å². The van der Waals surface area contributed by atoms with Crippen LogP contribution < -0.4 is 15.1 Å². The first-order chi connectivity index (χ1) is 12.1. The molecule has 25 heavy (non-hydrogen) atoms. The maximum absolute atomic E-state index is 12.4. The number of hydrazone groups is 1. The summed E-state index contributed by atoms with van der Waals surface area (Å²) in [6.45, 7) is 3.32. The highest BCUT2D eigenvalue weighted by atomic mass is 79.9. The van der Waals surface area contributed by atoms with Gasteiger partial charge in [-0.05, 0) is 49.4 Å². The molecule has 0 spiro atoms. The molecule has 1 aliphatic heterocycles. The maximum Gasteiger partial charge on any atom is 0.251 e. The molecule has 2 aromatic carbocycles. The fourth-order valence-electron chi connectivity index (χ4n) is 2.71. The lowest BCUT2D eigenvalue weighted by atomic mass is 10.1. The van der Waals surface area contributed by atoms with Gasteiger partial charge in [0.15, 0.2) is 0 Å². The number of ether oxygens (including phenoxy) is 1. The summed E-state index contributed by atoms with van der Waals surface area (Å²) < 4.78 is 6.28. The van der Waals surface area contributed by atoms with Crippen molar-refractivity contribution >= 4 is 33.2 Å². The molecule has 6 heteroatoms. The highest BCUT2D eigenvalue weighted by Crippen LogP contribution is 2.23. The van der Waals surface area contributed by atoms with Crippen molar-refractivity contribution in [3.63, 3.8) is 0 Å². The van der Waals surface area contributed by atoms with Gasteiger partial charge < -0.3 is 10.1 Å². The molecule has 1 N–H and O–H groups in total. The fourth-order valence-corrected chi connectivity index (χ4v) is 3.12. The molecule has 0 bridgehead atoms. The predicted octanol–water partition coefficient (Wildman–Crippen LogP) is 3.97. The summed E-state index contributed by atoms with van der Waals surface area (Å²) in [6, 6.07) is 13.2. The minimum absolute atomic E-state index is 0.116. The Balaban J connectivity index is 1.65. The van der Waals surface area contributed by atoms with Crippen molar-refractivity contribution in [1.82, 2.24) is 5.32 Å². The zero-order valence-electron chi connectivity index (χ0n) is 14.3. The van der Waals surface area contributed by atoms with Crippen molar-refractivity contribution in [1.29, 1.82) is 0 Å². The standard InChI is InChI=1S/C19H20BrN3O2/c1-13-9-10-23(22-13)17-6-3-14(4-7-17)19(24)21-12-15-11-16(20)5-8-18(15)25-2/h3-8,11H,9-10,12H2,1-2H3,(H,21,24). The Bertz CT molecular complexity index is 803. The Morgan fingerprint density at radius 2 is 2.04 bits per heavy atom. The van der Waals surface area contributed by atoms with Gasteiger partial charge in [-0.15, -0.1) is 0 Å². The molecule has 0 atom stereocenters. The average molecular weight is 402 g/mol. The molecule has 0 saturated carbocycles. The van der Waals surface area contributed by atoms with Gasteiger partial charge in [0, 0.05) is 40.8 Å². The van der Waals surface area contributed by atoms with Gasteiger partial charge in [-0.3, -0.25) is 9.80 Å². The SMILES string of the molecule is COc1ccc(Br)cc1CNC(=O)c1ccc(N2CCC(C)=N2)cc1. The second-order valence-electron chi connectivity index (χ2n) is 5.89. The van der Waals surface area contributed by atoms with Crippen LogP contribution in [0.15, 0.2) is 52.0 Å². The van der Waals surface area contributed by atoms with Crippen LogP contribution in [0.25, 0.3) is 0 Å². The predicted molar refractivity (Wildman–Crippen MR) is 103 cm³/mol. The molecule has 1 heterocycles. The van der Waals surface area contributed by atoms with Crippen LogP contribution >= 0.6 is 15.9 Å². The summed E-state index contributed by atoms with van der Waals surface area (Å²) >= 11 is 3.44. The zero-order chi connectivity index (χ0) is 17.8. The molecule has 5 nitrogen and oxygen atoms in total. The quantitative estimate of drug-likeness (QED) is 0.824. The number of hydrogen-bond acceptors (Lipinski definition) is 4. The molecular weight excluding hydrogens is 382 g/mol. The van der Waals surface area contributed by atoms with Gasteiger partial charge in [0.05, 0.1) is 12.8 Å². The number of carbonyl (C=O) groups excluding carboxylic acids is 1. The lowest BCUT2D eigenvalue weighted by molar-refractivity contribution is 0.0950. The molecule has 1 aliphatic rings. The number of nitrogens with zero attached hydrogens (tertiary/aromatic N) is 2. The van der Waals surface area contributed by atoms with E-state index in [0.29, 0.717) is 12.1 Å². The van der Waals surface area contributed by atoms with Crippen LogP contribution in [-0.2, 0) is 6.54 Å². The minimum atomic E-state index is -0.116. The van der Waals surface area contributed by atoms with Gasteiger partial charge in [0.1, 0.15) is 5.75 Å². The first-order valence-electron chi connectivity index (χ1n) is 8.09. The fraction of sp³-hybridized carbons (Fsp3) is 0.263. The normalized spacial score (nSPS) is 13.6. The second kappa shape index (κ2) is 7.70. The van der Waals surface area contributed by atoms with Gasteiger partial charge in [-0.1, -0.05) is 15.9 Å². The number of carbonyl (C=O) groups is 1. The third kappa shape index (κ3) is 4.20. The van der Waals surface area contributed by atoms with Crippen molar-refractivity contribution in [2.75, 3.05) is 18.7 Å². The van der Waals surface area contributed by atoms with Gasteiger partial charge in [0.2, 0.25) is 0 Å². The zero-order valence-corrected chi connectivity index (χ0v) is 15.8. The van der Waals surface area contributed by atoms with E-state index in [1.807, 2.05) is 54.4 Å². The third-order valence-electron chi connectivity index (χ3n) is 4.09. The lowest BCUT2D eigenvalue weighted by Crippen LogP contribution is -2.23. The van der Waals surface area contributed by atoms with Gasteiger partial charge in [-0.2, -0.15) is 5.10 Å². The Kier molecular flexibility index (Phi) is 5.38. The van der Waals surface area contributed by atoms with E-state index >= 15 is 0 Å². The molecule has 0 aliphatic carbocycles. The van der Waals surface area contributed by atoms with Crippen molar-refractivity contribution in [3.8, 4) is 5.75 Å². The largest absolute Gasteiger partial charge is 0.496 e. The molecular formula is C19H20BrN3O2. The molecule has 0 aromatic heterocycles. The Morgan fingerprint density at radius 1 is 1.28 bits per heavy atom. The average Bonchev–Trinajstić information content (AvgIpc) is 3.06. The molecule has 130 valence electrons. The molecule has 0 saturated heterocycles. The summed E-state index contributed by atoms with van der Waals surface area (Å²) in [5.41, 5.74) is 3.67. The van der Waals surface area contributed by atoms with Crippen LogP contribution in [0.2, 0.25) is 0 Å². The van der Waals surface area contributed by atoms with Crippen LogP contribution in [0, 0.1) is 0 Å². The van der Waals surface area contributed by atoms with E-state index < -0.39 is 0 Å². The maximum atomic E-state index is 12.4. The van der Waals surface area contributed by atoms with Gasteiger partial charge in [-0.25, -0.2) is 0 Å². The Morgan fingerprint density at radius 3 is 2.68 bits per heavy atom. The first-order valence-corrected chi connectivity index (χ1v) is 8.88. The number of rotatable bonds is 5. The van der Waals surface area contributed by atoms with E-state index in [-0.39, 0.29) is 5.91 Å². The number of benzene rings is 2.